The van der Waals surface area contributed by atoms with Crippen LogP contribution in [0.5, 0.6) is 0 Å². The lowest BCUT2D eigenvalue weighted by molar-refractivity contribution is 0.576. The summed E-state index contributed by atoms with van der Waals surface area (Å²) < 4.78 is 5.86. The number of nitrogen functional groups attached to an aromatic ring is 1. The fourth-order valence-corrected chi connectivity index (χ4v) is 4.71. The molecule has 0 saturated heterocycles. The number of aromatic nitrogens is 4. The largest absolute Gasteiger partial charge is 0.383 e. The van der Waals surface area contributed by atoms with Crippen molar-refractivity contribution in [1.29, 1.82) is 0 Å². The molecule has 1 aliphatic rings. The number of anilines is 1. The SMILES string of the molecule is CC(C)n1c2c(c3c(N)ncnc31)-c1cc3ccc(Br)cc3n1CCC2. The summed E-state index contributed by atoms with van der Waals surface area (Å²) in [5, 5.41) is 2.23. The van der Waals surface area contributed by atoms with Crippen LogP contribution in [0.2, 0.25) is 0 Å². The molecule has 0 fully saturated rings. The molecule has 0 spiro atoms. The average Bonchev–Trinajstić information content (AvgIpc) is 3.05. The van der Waals surface area contributed by atoms with Gasteiger partial charge in [-0.2, -0.15) is 0 Å². The summed E-state index contributed by atoms with van der Waals surface area (Å²) >= 11 is 3.61. The van der Waals surface area contributed by atoms with Crippen LogP contribution in [-0.2, 0) is 13.0 Å². The van der Waals surface area contributed by atoms with Crippen molar-refractivity contribution in [2.24, 2.45) is 0 Å². The maximum absolute atomic E-state index is 6.34. The van der Waals surface area contributed by atoms with Crippen LogP contribution in [0.3, 0.4) is 0 Å². The van der Waals surface area contributed by atoms with E-state index in [-0.39, 0.29) is 0 Å². The van der Waals surface area contributed by atoms with Gasteiger partial charge in [-0.15, -0.1) is 0 Å². The molecule has 3 aromatic heterocycles. The van der Waals surface area contributed by atoms with E-state index in [1.54, 1.807) is 6.33 Å². The monoisotopic (exact) mass is 409 g/mol. The highest BCUT2D eigenvalue weighted by Gasteiger charge is 2.27. The first-order valence-corrected chi connectivity index (χ1v) is 9.78. The van der Waals surface area contributed by atoms with E-state index in [9.17, 15) is 0 Å². The zero-order chi connectivity index (χ0) is 18.0. The van der Waals surface area contributed by atoms with Gasteiger partial charge in [-0.1, -0.05) is 22.0 Å². The van der Waals surface area contributed by atoms with Crippen LogP contribution in [0.4, 0.5) is 5.82 Å². The molecule has 2 N–H and O–H groups in total. The lowest BCUT2D eigenvalue weighted by Crippen LogP contribution is -2.07. The van der Waals surface area contributed by atoms with E-state index in [1.165, 1.54) is 27.9 Å². The summed E-state index contributed by atoms with van der Waals surface area (Å²) in [6.45, 7) is 5.41. The minimum absolute atomic E-state index is 0.320. The van der Waals surface area contributed by atoms with E-state index in [1.807, 2.05) is 0 Å². The fraction of sp³-hybridized carbons (Fsp3) is 0.300. The third-order valence-electron chi connectivity index (χ3n) is 5.35. The number of rotatable bonds is 1. The van der Waals surface area contributed by atoms with Crippen LogP contribution in [0.15, 0.2) is 35.1 Å². The zero-order valence-corrected chi connectivity index (χ0v) is 16.4. The Kier molecular flexibility index (Phi) is 3.41. The lowest BCUT2D eigenvalue weighted by Gasteiger charge is -2.13. The number of halogens is 1. The van der Waals surface area contributed by atoms with Crippen LogP contribution in [0.25, 0.3) is 33.2 Å². The summed E-state index contributed by atoms with van der Waals surface area (Å²) in [7, 11) is 0. The van der Waals surface area contributed by atoms with Crippen molar-refractivity contribution in [3.8, 4) is 11.3 Å². The number of nitrogens with zero attached hydrogens (tertiary/aromatic N) is 4. The summed E-state index contributed by atoms with van der Waals surface area (Å²) in [4.78, 5) is 8.89. The minimum Gasteiger partial charge on any atom is -0.383 e. The quantitative estimate of drug-likeness (QED) is 0.484. The van der Waals surface area contributed by atoms with Crippen molar-refractivity contribution >= 4 is 43.7 Å². The van der Waals surface area contributed by atoms with Crippen LogP contribution in [-0.4, -0.2) is 19.1 Å². The molecular weight excluding hydrogens is 390 g/mol. The van der Waals surface area contributed by atoms with Gasteiger partial charge in [0.05, 0.1) is 11.1 Å². The van der Waals surface area contributed by atoms with E-state index < -0.39 is 0 Å². The van der Waals surface area contributed by atoms with Gasteiger partial charge in [-0.25, -0.2) is 9.97 Å². The molecule has 0 aliphatic carbocycles. The first kappa shape index (κ1) is 15.9. The number of nitrogens with two attached hydrogens (primary N) is 1. The van der Waals surface area contributed by atoms with Gasteiger partial charge in [0.2, 0.25) is 0 Å². The van der Waals surface area contributed by atoms with Crippen molar-refractivity contribution < 1.29 is 0 Å². The molecule has 1 aliphatic heterocycles. The number of hydrogen-bond acceptors (Lipinski definition) is 3. The summed E-state index contributed by atoms with van der Waals surface area (Å²) in [6, 6.07) is 9.06. The molecule has 4 heterocycles. The summed E-state index contributed by atoms with van der Waals surface area (Å²) in [5.41, 5.74) is 12.3. The molecule has 0 amide bonds. The number of hydrogen-bond donors (Lipinski definition) is 1. The third-order valence-corrected chi connectivity index (χ3v) is 5.84. The standard InChI is InChI=1S/C20H20BrN5/c1-11(2)26-14-4-3-7-25-15-9-13(21)6-5-12(15)8-16(25)17(14)18-19(22)23-10-24-20(18)26/h5-6,8-11H,3-4,7H2,1-2H3,(H2,22,23,24). The van der Waals surface area contributed by atoms with E-state index in [0.717, 1.165) is 34.9 Å². The molecule has 5 rings (SSSR count). The molecule has 0 radical (unpaired) electrons. The second kappa shape index (κ2) is 5.58. The van der Waals surface area contributed by atoms with E-state index in [4.69, 9.17) is 5.73 Å². The van der Waals surface area contributed by atoms with Gasteiger partial charge in [0.1, 0.15) is 17.8 Å². The van der Waals surface area contributed by atoms with Crippen molar-refractivity contribution in [3.05, 3.63) is 40.8 Å². The molecule has 0 bridgehead atoms. The molecule has 6 heteroatoms. The van der Waals surface area contributed by atoms with Crippen LogP contribution >= 0.6 is 15.9 Å². The predicted molar refractivity (Wildman–Crippen MR) is 109 cm³/mol. The van der Waals surface area contributed by atoms with Gasteiger partial charge in [0, 0.05) is 39.2 Å². The molecule has 0 saturated carbocycles. The Hall–Kier alpha value is -2.34. The van der Waals surface area contributed by atoms with Crippen LogP contribution in [0.1, 0.15) is 32.0 Å². The first-order valence-electron chi connectivity index (χ1n) is 8.98. The van der Waals surface area contributed by atoms with E-state index in [2.05, 4.69) is 73.1 Å². The molecule has 4 aromatic rings. The maximum atomic E-state index is 6.34. The normalized spacial score (nSPS) is 14.0. The zero-order valence-electron chi connectivity index (χ0n) is 14.8. The van der Waals surface area contributed by atoms with Gasteiger partial charge in [0.15, 0.2) is 0 Å². The van der Waals surface area contributed by atoms with Gasteiger partial charge in [-0.05, 0) is 44.9 Å². The molecule has 0 atom stereocenters. The second-order valence-corrected chi connectivity index (χ2v) is 8.15. The van der Waals surface area contributed by atoms with Crippen LogP contribution in [0, 0.1) is 0 Å². The Labute approximate surface area is 160 Å². The predicted octanol–water partition coefficient (Wildman–Crippen LogP) is 4.92. The summed E-state index contributed by atoms with van der Waals surface area (Å²) in [6.07, 6.45) is 3.68. The molecule has 132 valence electrons. The van der Waals surface area contributed by atoms with Crippen molar-refractivity contribution in [2.75, 3.05) is 5.73 Å². The number of fused-ring (bicyclic) bond motifs is 7. The highest BCUT2D eigenvalue weighted by atomic mass is 79.9. The van der Waals surface area contributed by atoms with Crippen molar-refractivity contribution in [1.82, 2.24) is 19.1 Å². The fourth-order valence-electron chi connectivity index (χ4n) is 4.36. The van der Waals surface area contributed by atoms with Gasteiger partial charge in [-0.3, -0.25) is 0 Å². The van der Waals surface area contributed by atoms with Gasteiger partial charge < -0.3 is 14.9 Å². The molecular formula is C20H20BrN5. The highest BCUT2D eigenvalue weighted by molar-refractivity contribution is 9.10. The molecule has 5 nitrogen and oxygen atoms in total. The van der Waals surface area contributed by atoms with E-state index >= 15 is 0 Å². The third kappa shape index (κ3) is 2.08. The smallest absolute Gasteiger partial charge is 0.146 e. The Bertz CT molecular complexity index is 1170. The summed E-state index contributed by atoms with van der Waals surface area (Å²) in [5.74, 6) is 0.561. The lowest BCUT2D eigenvalue weighted by atomic mass is 10.1. The molecule has 0 unspecified atom stereocenters. The van der Waals surface area contributed by atoms with Gasteiger partial charge in [0.25, 0.3) is 0 Å². The Morgan fingerprint density at radius 3 is 2.85 bits per heavy atom. The maximum Gasteiger partial charge on any atom is 0.146 e. The average molecular weight is 410 g/mol. The number of aryl methyl sites for hydroxylation is 1. The topological polar surface area (TPSA) is 61.7 Å². The Morgan fingerprint density at radius 2 is 2.04 bits per heavy atom. The Balaban J connectivity index is 1.96. The number of benzene rings is 1. The Morgan fingerprint density at radius 1 is 1.19 bits per heavy atom. The molecule has 26 heavy (non-hydrogen) atoms. The van der Waals surface area contributed by atoms with Gasteiger partial charge >= 0.3 is 0 Å². The minimum atomic E-state index is 0.320. The molecule has 1 aromatic carbocycles. The second-order valence-electron chi connectivity index (χ2n) is 7.23. The van der Waals surface area contributed by atoms with E-state index in [0.29, 0.717) is 11.9 Å². The van der Waals surface area contributed by atoms with Crippen molar-refractivity contribution in [2.45, 2.75) is 39.3 Å². The first-order chi connectivity index (χ1) is 12.6. The van der Waals surface area contributed by atoms with Crippen molar-refractivity contribution in [3.63, 3.8) is 0 Å². The van der Waals surface area contributed by atoms with Crippen LogP contribution < -0.4 is 5.73 Å². The highest BCUT2D eigenvalue weighted by Crippen LogP contribution is 2.43.